The molecule has 0 aromatic heterocycles. The molecule has 0 radical (unpaired) electrons. The average Bonchev–Trinajstić information content (AvgIpc) is 2.38. The fourth-order valence-electron chi connectivity index (χ4n) is 2.53. The van der Waals surface area contributed by atoms with Crippen molar-refractivity contribution in [3.05, 3.63) is 29.3 Å². The van der Waals surface area contributed by atoms with Crippen LogP contribution in [-0.4, -0.2) is 37.3 Å². The minimum atomic E-state index is 0.188. The Kier molecular flexibility index (Phi) is 6.50. The maximum absolute atomic E-state index is 9.45. The highest BCUT2D eigenvalue weighted by molar-refractivity contribution is 5.37. The zero-order chi connectivity index (χ0) is 15.3. The van der Waals surface area contributed by atoms with E-state index >= 15 is 0 Å². The Balaban J connectivity index is 2.95. The molecule has 3 nitrogen and oxygen atoms in total. The molecule has 0 spiro atoms. The maximum atomic E-state index is 9.45. The van der Waals surface area contributed by atoms with Gasteiger partial charge in [-0.2, -0.15) is 0 Å². The fraction of sp³-hybridized carbons (Fsp3) is 0.647. The van der Waals surface area contributed by atoms with Crippen molar-refractivity contribution in [3.8, 4) is 5.75 Å². The van der Waals surface area contributed by atoms with E-state index in [1.54, 1.807) is 0 Å². The second-order valence-electron chi connectivity index (χ2n) is 6.29. The minimum absolute atomic E-state index is 0.188. The maximum Gasteiger partial charge on any atom is 0.119 e. The van der Waals surface area contributed by atoms with Gasteiger partial charge in [-0.1, -0.05) is 26.8 Å². The minimum Gasteiger partial charge on any atom is -0.493 e. The summed E-state index contributed by atoms with van der Waals surface area (Å²) < 4.78 is 5.77. The van der Waals surface area contributed by atoms with Gasteiger partial charge in [-0.05, 0) is 56.1 Å². The van der Waals surface area contributed by atoms with Gasteiger partial charge < -0.3 is 14.7 Å². The summed E-state index contributed by atoms with van der Waals surface area (Å²) in [6.07, 6.45) is 0. The molecule has 1 rings (SSSR count). The van der Waals surface area contributed by atoms with Crippen molar-refractivity contribution in [1.82, 2.24) is 4.90 Å². The molecular weight excluding hydrogens is 250 g/mol. The molecule has 2 atom stereocenters. The molecule has 1 aromatic rings. The van der Waals surface area contributed by atoms with E-state index in [9.17, 15) is 5.11 Å². The van der Waals surface area contributed by atoms with Crippen LogP contribution in [0.2, 0.25) is 0 Å². The lowest BCUT2D eigenvalue weighted by Crippen LogP contribution is -2.28. The normalized spacial score (nSPS) is 14.7. The van der Waals surface area contributed by atoms with Gasteiger partial charge in [0.05, 0.1) is 6.61 Å². The first-order valence-corrected chi connectivity index (χ1v) is 7.37. The van der Waals surface area contributed by atoms with Crippen LogP contribution in [0.1, 0.15) is 37.9 Å². The molecule has 0 bridgehead atoms. The molecule has 0 fully saturated rings. The van der Waals surface area contributed by atoms with Crippen molar-refractivity contribution < 1.29 is 9.84 Å². The Morgan fingerprint density at radius 3 is 2.30 bits per heavy atom. The topological polar surface area (TPSA) is 32.7 Å². The number of hydrogen-bond acceptors (Lipinski definition) is 3. The number of rotatable bonds is 7. The lowest BCUT2D eigenvalue weighted by Gasteiger charge is -2.31. The van der Waals surface area contributed by atoms with Crippen molar-refractivity contribution in [2.75, 3.05) is 27.3 Å². The van der Waals surface area contributed by atoms with Crippen molar-refractivity contribution in [1.29, 1.82) is 0 Å². The van der Waals surface area contributed by atoms with Crippen LogP contribution in [0.5, 0.6) is 5.75 Å². The molecule has 114 valence electrons. The Morgan fingerprint density at radius 1 is 1.20 bits per heavy atom. The third kappa shape index (κ3) is 4.50. The van der Waals surface area contributed by atoms with E-state index in [-0.39, 0.29) is 18.6 Å². The van der Waals surface area contributed by atoms with E-state index in [0.717, 1.165) is 12.4 Å². The molecule has 3 heteroatoms. The van der Waals surface area contributed by atoms with E-state index in [4.69, 9.17) is 4.74 Å². The molecule has 0 aliphatic heterocycles. The predicted octanol–water partition coefficient (Wildman–Crippen LogP) is 3.26. The van der Waals surface area contributed by atoms with Gasteiger partial charge in [-0.3, -0.25) is 0 Å². The first-order valence-electron chi connectivity index (χ1n) is 7.37. The summed E-state index contributed by atoms with van der Waals surface area (Å²) in [6.45, 7) is 9.40. The van der Waals surface area contributed by atoms with Gasteiger partial charge >= 0.3 is 0 Å². The standard InChI is InChI=1S/C17H29NO2/c1-12(2)11-20-15-7-8-16(13(3)9-15)17(18(5)6)14(4)10-19/h7-9,12,14,17,19H,10-11H2,1-6H3. The van der Waals surface area contributed by atoms with Crippen LogP contribution in [0.15, 0.2) is 18.2 Å². The fourth-order valence-corrected chi connectivity index (χ4v) is 2.53. The van der Waals surface area contributed by atoms with Crippen LogP contribution in [0.4, 0.5) is 0 Å². The molecule has 1 aromatic carbocycles. The van der Waals surface area contributed by atoms with E-state index in [1.165, 1.54) is 11.1 Å². The molecule has 0 saturated heterocycles. The van der Waals surface area contributed by atoms with Crippen molar-refractivity contribution in [2.45, 2.75) is 33.7 Å². The highest BCUT2D eigenvalue weighted by atomic mass is 16.5. The summed E-state index contributed by atoms with van der Waals surface area (Å²) in [5.41, 5.74) is 2.47. The molecule has 0 amide bonds. The number of ether oxygens (including phenoxy) is 1. The highest BCUT2D eigenvalue weighted by Gasteiger charge is 2.22. The average molecular weight is 279 g/mol. The Bertz CT molecular complexity index is 415. The van der Waals surface area contributed by atoms with E-state index in [0.29, 0.717) is 5.92 Å². The summed E-state index contributed by atoms with van der Waals surface area (Å²) in [7, 11) is 4.11. The van der Waals surface area contributed by atoms with Crippen molar-refractivity contribution in [3.63, 3.8) is 0 Å². The van der Waals surface area contributed by atoms with Crippen LogP contribution in [-0.2, 0) is 0 Å². The van der Waals surface area contributed by atoms with Crippen molar-refractivity contribution >= 4 is 0 Å². The second-order valence-corrected chi connectivity index (χ2v) is 6.29. The Morgan fingerprint density at radius 2 is 1.85 bits per heavy atom. The van der Waals surface area contributed by atoms with Crippen LogP contribution in [0.25, 0.3) is 0 Å². The van der Waals surface area contributed by atoms with Gasteiger partial charge in [0.2, 0.25) is 0 Å². The number of nitrogens with zero attached hydrogens (tertiary/aromatic N) is 1. The SMILES string of the molecule is Cc1cc(OCC(C)C)ccc1C(C(C)CO)N(C)C. The van der Waals surface area contributed by atoms with E-state index in [1.807, 2.05) is 6.07 Å². The quantitative estimate of drug-likeness (QED) is 0.831. The third-order valence-corrected chi connectivity index (χ3v) is 3.53. The summed E-state index contributed by atoms with van der Waals surface area (Å²) >= 11 is 0. The second kappa shape index (κ2) is 7.65. The molecule has 20 heavy (non-hydrogen) atoms. The first-order chi connectivity index (χ1) is 9.36. The lowest BCUT2D eigenvalue weighted by molar-refractivity contribution is 0.145. The monoisotopic (exact) mass is 279 g/mol. The Hall–Kier alpha value is -1.06. The third-order valence-electron chi connectivity index (χ3n) is 3.53. The van der Waals surface area contributed by atoms with E-state index < -0.39 is 0 Å². The van der Waals surface area contributed by atoms with Gasteiger partial charge in [0, 0.05) is 12.6 Å². The molecule has 0 aliphatic rings. The Labute approximate surface area is 123 Å². The smallest absolute Gasteiger partial charge is 0.119 e. The van der Waals surface area contributed by atoms with Gasteiger partial charge in [-0.15, -0.1) is 0 Å². The zero-order valence-corrected chi connectivity index (χ0v) is 13.7. The number of hydrogen-bond donors (Lipinski definition) is 1. The number of aliphatic hydroxyl groups is 1. The molecule has 2 unspecified atom stereocenters. The van der Waals surface area contributed by atoms with Crippen LogP contribution >= 0.6 is 0 Å². The first kappa shape index (κ1) is 17.0. The molecular formula is C17H29NO2. The highest BCUT2D eigenvalue weighted by Crippen LogP contribution is 2.31. The van der Waals surface area contributed by atoms with Gasteiger partial charge in [0.25, 0.3) is 0 Å². The van der Waals surface area contributed by atoms with Gasteiger partial charge in [0.1, 0.15) is 5.75 Å². The van der Waals surface area contributed by atoms with E-state index in [2.05, 4.69) is 58.8 Å². The summed E-state index contributed by atoms with van der Waals surface area (Å²) in [5, 5.41) is 9.45. The van der Waals surface area contributed by atoms with Crippen LogP contribution in [0.3, 0.4) is 0 Å². The summed E-state index contributed by atoms with van der Waals surface area (Å²) in [6, 6.07) is 6.48. The lowest BCUT2D eigenvalue weighted by atomic mass is 9.91. The van der Waals surface area contributed by atoms with Crippen LogP contribution < -0.4 is 4.74 Å². The molecule has 0 heterocycles. The summed E-state index contributed by atoms with van der Waals surface area (Å²) in [4.78, 5) is 2.16. The number of aryl methyl sites for hydroxylation is 1. The predicted molar refractivity (Wildman–Crippen MR) is 84.2 cm³/mol. The zero-order valence-electron chi connectivity index (χ0n) is 13.7. The molecule has 1 N–H and O–H groups in total. The number of aliphatic hydroxyl groups excluding tert-OH is 1. The number of benzene rings is 1. The van der Waals surface area contributed by atoms with Crippen molar-refractivity contribution in [2.24, 2.45) is 11.8 Å². The molecule has 0 aliphatic carbocycles. The van der Waals surface area contributed by atoms with Gasteiger partial charge in [0.15, 0.2) is 0 Å². The van der Waals surface area contributed by atoms with Crippen LogP contribution in [0, 0.1) is 18.8 Å². The summed E-state index contributed by atoms with van der Waals surface area (Å²) in [5.74, 6) is 1.65. The largest absolute Gasteiger partial charge is 0.493 e. The molecule has 0 saturated carbocycles. The van der Waals surface area contributed by atoms with Gasteiger partial charge in [-0.25, -0.2) is 0 Å².